The van der Waals surface area contributed by atoms with E-state index in [1.807, 2.05) is 30.3 Å². The van der Waals surface area contributed by atoms with Crippen LogP contribution in [-0.2, 0) is 0 Å². The van der Waals surface area contributed by atoms with E-state index in [1.54, 1.807) is 24.8 Å². The van der Waals surface area contributed by atoms with Crippen LogP contribution in [0.2, 0.25) is 0 Å². The number of aliphatic hydroxyl groups is 1. The van der Waals surface area contributed by atoms with E-state index in [0.29, 0.717) is 18.8 Å². The number of rotatable bonds is 6. The van der Waals surface area contributed by atoms with Gasteiger partial charge in [-0.1, -0.05) is 0 Å². The predicted octanol–water partition coefficient (Wildman–Crippen LogP) is 2.39. The first-order chi connectivity index (χ1) is 11.4. The van der Waals surface area contributed by atoms with Crippen molar-refractivity contribution in [2.75, 3.05) is 18.5 Å². The second-order valence-electron chi connectivity index (χ2n) is 4.94. The normalized spacial score (nSPS) is 10.5. The summed E-state index contributed by atoms with van der Waals surface area (Å²) in [4.78, 5) is 17.3. The molecule has 23 heavy (non-hydrogen) atoms. The maximum Gasteiger partial charge on any atom is 0.162 e. The van der Waals surface area contributed by atoms with Crippen molar-refractivity contribution in [3.63, 3.8) is 0 Å². The Balaban J connectivity index is 2.00. The Morgan fingerprint density at radius 1 is 0.870 bits per heavy atom. The maximum atomic E-state index is 8.92. The minimum absolute atomic E-state index is 0.145. The molecule has 6 heteroatoms. The third-order valence-electron chi connectivity index (χ3n) is 3.28. The molecule has 0 spiro atoms. The first-order valence-electron chi connectivity index (χ1n) is 7.41. The summed E-state index contributed by atoms with van der Waals surface area (Å²) < 4.78 is 0. The highest BCUT2D eigenvalue weighted by molar-refractivity contribution is 5.66. The van der Waals surface area contributed by atoms with Crippen molar-refractivity contribution in [2.45, 2.75) is 6.42 Å². The van der Waals surface area contributed by atoms with Gasteiger partial charge in [-0.25, -0.2) is 9.97 Å². The SMILES string of the molecule is OCCCNc1cc(-c2ccncc2)nc(-c2ccncc2)n1. The quantitative estimate of drug-likeness (QED) is 0.680. The summed E-state index contributed by atoms with van der Waals surface area (Å²) in [6.45, 7) is 0.797. The molecule has 0 fully saturated rings. The third kappa shape index (κ3) is 3.87. The zero-order valence-corrected chi connectivity index (χ0v) is 12.6. The van der Waals surface area contributed by atoms with Gasteiger partial charge in [-0.2, -0.15) is 0 Å². The number of aromatic nitrogens is 4. The van der Waals surface area contributed by atoms with Crippen molar-refractivity contribution in [3.05, 3.63) is 55.1 Å². The molecule has 3 heterocycles. The Labute approximate surface area is 134 Å². The van der Waals surface area contributed by atoms with E-state index in [1.165, 1.54) is 0 Å². The molecule has 0 aromatic carbocycles. The van der Waals surface area contributed by atoms with Crippen LogP contribution in [0, 0.1) is 0 Å². The molecule has 0 aliphatic carbocycles. The largest absolute Gasteiger partial charge is 0.396 e. The highest BCUT2D eigenvalue weighted by Gasteiger charge is 2.08. The fourth-order valence-electron chi connectivity index (χ4n) is 2.13. The Morgan fingerprint density at radius 2 is 1.52 bits per heavy atom. The summed E-state index contributed by atoms with van der Waals surface area (Å²) in [5.74, 6) is 1.36. The molecule has 0 radical (unpaired) electrons. The lowest BCUT2D eigenvalue weighted by atomic mass is 10.1. The number of pyridine rings is 2. The molecule has 0 unspecified atom stereocenters. The van der Waals surface area contributed by atoms with Gasteiger partial charge in [0.15, 0.2) is 5.82 Å². The minimum atomic E-state index is 0.145. The fraction of sp³-hybridized carbons (Fsp3) is 0.176. The van der Waals surface area contributed by atoms with Gasteiger partial charge in [-0.05, 0) is 30.7 Å². The number of aliphatic hydroxyl groups excluding tert-OH is 1. The third-order valence-corrected chi connectivity index (χ3v) is 3.28. The van der Waals surface area contributed by atoms with Crippen LogP contribution in [0.15, 0.2) is 55.1 Å². The summed E-state index contributed by atoms with van der Waals surface area (Å²) in [5, 5.41) is 12.1. The van der Waals surface area contributed by atoms with Gasteiger partial charge in [0, 0.05) is 55.1 Å². The number of nitrogens with one attached hydrogen (secondary N) is 1. The summed E-state index contributed by atoms with van der Waals surface area (Å²) in [6, 6.07) is 9.48. The molecule has 2 N–H and O–H groups in total. The first-order valence-corrected chi connectivity index (χ1v) is 7.41. The number of hydrogen-bond acceptors (Lipinski definition) is 6. The molecule has 0 amide bonds. The van der Waals surface area contributed by atoms with Crippen LogP contribution in [0.3, 0.4) is 0 Å². The molecule has 116 valence electrons. The molecule has 3 rings (SSSR count). The summed E-state index contributed by atoms with van der Waals surface area (Å²) in [7, 11) is 0. The lowest BCUT2D eigenvalue weighted by molar-refractivity contribution is 0.292. The minimum Gasteiger partial charge on any atom is -0.396 e. The number of nitrogens with zero attached hydrogens (tertiary/aromatic N) is 4. The van der Waals surface area contributed by atoms with Crippen molar-refractivity contribution in [3.8, 4) is 22.6 Å². The topological polar surface area (TPSA) is 83.8 Å². The highest BCUT2D eigenvalue weighted by Crippen LogP contribution is 2.23. The van der Waals surface area contributed by atoms with E-state index >= 15 is 0 Å². The monoisotopic (exact) mass is 307 g/mol. The second kappa shape index (κ2) is 7.42. The fourth-order valence-corrected chi connectivity index (χ4v) is 2.13. The van der Waals surface area contributed by atoms with Crippen molar-refractivity contribution >= 4 is 5.82 Å². The van der Waals surface area contributed by atoms with Gasteiger partial charge in [0.25, 0.3) is 0 Å². The van der Waals surface area contributed by atoms with E-state index < -0.39 is 0 Å². The van der Waals surface area contributed by atoms with Crippen LogP contribution < -0.4 is 5.32 Å². The van der Waals surface area contributed by atoms with Crippen LogP contribution in [0.5, 0.6) is 0 Å². The Kier molecular flexibility index (Phi) is 4.85. The molecule has 0 aliphatic rings. The standard InChI is InChI=1S/C17H17N5O/c23-11-1-6-20-16-12-15(13-2-7-18-8-3-13)21-17(22-16)14-4-9-19-10-5-14/h2-5,7-10,12,23H,1,6,11H2,(H,20,21,22). The van der Waals surface area contributed by atoms with Gasteiger partial charge in [-0.15, -0.1) is 0 Å². The summed E-state index contributed by atoms with van der Waals surface area (Å²) >= 11 is 0. The lowest BCUT2D eigenvalue weighted by Gasteiger charge is -2.10. The van der Waals surface area contributed by atoms with Crippen LogP contribution in [0.1, 0.15) is 6.42 Å². The zero-order chi connectivity index (χ0) is 15.9. The van der Waals surface area contributed by atoms with Crippen molar-refractivity contribution in [1.82, 2.24) is 19.9 Å². The molecule has 6 nitrogen and oxygen atoms in total. The smallest absolute Gasteiger partial charge is 0.162 e. The van der Waals surface area contributed by atoms with Crippen LogP contribution >= 0.6 is 0 Å². The molecule has 3 aromatic rings. The molecule has 0 atom stereocenters. The average molecular weight is 307 g/mol. The number of anilines is 1. The Bertz CT molecular complexity index is 692. The van der Waals surface area contributed by atoms with Crippen LogP contribution in [-0.4, -0.2) is 38.2 Å². The van der Waals surface area contributed by atoms with E-state index in [-0.39, 0.29) is 6.61 Å². The van der Waals surface area contributed by atoms with Gasteiger partial charge in [0.1, 0.15) is 5.82 Å². The predicted molar refractivity (Wildman–Crippen MR) is 88.7 cm³/mol. The molecule has 0 saturated heterocycles. The lowest BCUT2D eigenvalue weighted by Crippen LogP contribution is -2.06. The van der Waals surface area contributed by atoms with E-state index in [9.17, 15) is 0 Å². The van der Waals surface area contributed by atoms with Crippen LogP contribution in [0.4, 0.5) is 5.82 Å². The molecule has 3 aromatic heterocycles. The molecular weight excluding hydrogens is 290 g/mol. The first kappa shape index (κ1) is 15.1. The second-order valence-corrected chi connectivity index (χ2v) is 4.94. The van der Waals surface area contributed by atoms with Crippen molar-refractivity contribution < 1.29 is 5.11 Å². The molecule has 0 saturated carbocycles. The van der Waals surface area contributed by atoms with Crippen molar-refractivity contribution in [2.24, 2.45) is 0 Å². The zero-order valence-electron chi connectivity index (χ0n) is 12.6. The van der Waals surface area contributed by atoms with E-state index in [2.05, 4.69) is 25.3 Å². The van der Waals surface area contributed by atoms with E-state index in [0.717, 1.165) is 22.6 Å². The van der Waals surface area contributed by atoms with Gasteiger partial charge < -0.3 is 10.4 Å². The molecule has 0 bridgehead atoms. The average Bonchev–Trinajstić information content (AvgIpc) is 2.63. The van der Waals surface area contributed by atoms with Gasteiger partial charge in [0.2, 0.25) is 0 Å². The van der Waals surface area contributed by atoms with E-state index in [4.69, 9.17) is 5.11 Å². The van der Waals surface area contributed by atoms with Gasteiger partial charge >= 0.3 is 0 Å². The molecule has 0 aliphatic heterocycles. The molecular formula is C17H17N5O. The van der Waals surface area contributed by atoms with Gasteiger partial charge in [0.05, 0.1) is 5.69 Å². The maximum absolute atomic E-state index is 8.92. The Hall–Kier alpha value is -2.86. The summed E-state index contributed by atoms with van der Waals surface area (Å²) in [5.41, 5.74) is 2.70. The van der Waals surface area contributed by atoms with Crippen molar-refractivity contribution in [1.29, 1.82) is 0 Å². The number of hydrogen-bond donors (Lipinski definition) is 2. The Morgan fingerprint density at radius 3 is 2.17 bits per heavy atom. The van der Waals surface area contributed by atoms with Crippen LogP contribution in [0.25, 0.3) is 22.6 Å². The summed E-state index contributed by atoms with van der Waals surface area (Å²) in [6.07, 6.45) is 7.58. The van der Waals surface area contributed by atoms with Gasteiger partial charge in [-0.3, -0.25) is 9.97 Å². The highest BCUT2D eigenvalue weighted by atomic mass is 16.3.